The number of hydrogen-bond donors (Lipinski definition) is 1. The van der Waals surface area contributed by atoms with Crippen molar-refractivity contribution in [1.82, 2.24) is 4.90 Å². The van der Waals surface area contributed by atoms with Crippen LogP contribution in [0.4, 0.5) is 5.69 Å². The lowest BCUT2D eigenvalue weighted by Crippen LogP contribution is -2.28. The van der Waals surface area contributed by atoms with E-state index >= 15 is 0 Å². The first kappa shape index (κ1) is 22.5. The van der Waals surface area contributed by atoms with Gasteiger partial charge in [0.15, 0.2) is 0 Å². The molecule has 6 nitrogen and oxygen atoms in total. The Balaban J connectivity index is 1.62. The Bertz CT molecular complexity index is 855. The van der Waals surface area contributed by atoms with Crippen molar-refractivity contribution in [3.05, 3.63) is 54.1 Å². The molecular weight excluding hydrogens is 400 g/mol. The molecule has 1 heterocycles. The van der Waals surface area contributed by atoms with Gasteiger partial charge in [-0.05, 0) is 61.6 Å². The summed E-state index contributed by atoms with van der Waals surface area (Å²) in [6.07, 6.45) is 3.71. The zero-order valence-corrected chi connectivity index (χ0v) is 18.4. The third-order valence-corrected chi connectivity index (χ3v) is 6.53. The van der Waals surface area contributed by atoms with Crippen molar-refractivity contribution in [3.63, 3.8) is 0 Å². The van der Waals surface area contributed by atoms with E-state index in [0.29, 0.717) is 11.7 Å². The summed E-state index contributed by atoms with van der Waals surface area (Å²) < 4.78 is 27.1. The van der Waals surface area contributed by atoms with Gasteiger partial charge in [0.1, 0.15) is 0 Å². The zero-order valence-electron chi connectivity index (χ0n) is 17.6. The molecule has 2 aromatic rings. The molecular formula is C23H30N2O4S. The number of hydrogen-bond acceptors (Lipinski definition) is 4. The lowest BCUT2D eigenvalue weighted by atomic mass is 10.0. The smallest absolute Gasteiger partial charge is 0.307 e. The van der Waals surface area contributed by atoms with Gasteiger partial charge in [0.05, 0.1) is 19.2 Å². The summed E-state index contributed by atoms with van der Waals surface area (Å²) in [5.41, 5.74) is 4.06. The number of rotatable bonds is 9. The van der Waals surface area contributed by atoms with Gasteiger partial charge in [0, 0.05) is 19.1 Å². The minimum absolute atomic E-state index is 0.0439. The average molecular weight is 431 g/mol. The van der Waals surface area contributed by atoms with E-state index < -0.39 is 17.2 Å². The Morgan fingerprint density at radius 2 is 1.80 bits per heavy atom. The minimum Gasteiger partial charge on any atom is -0.469 e. The third-order valence-electron chi connectivity index (χ3n) is 5.76. The summed E-state index contributed by atoms with van der Waals surface area (Å²) in [6.45, 7) is 4.73. The Morgan fingerprint density at radius 3 is 2.33 bits per heavy atom. The molecule has 0 spiro atoms. The normalized spacial score (nSPS) is 17.6. The van der Waals surface area contributed by atoms with E-state index in [2.05, 4.69) is 40.8 Å². The molecule has 0 aromatic heterocycles. The summed E-state index contributed by atoms with van der Waals surface area (Å²) in [6, 6.07) is 16.7. The van der Waals surface area contributed by atoms with Gasteiger partial charge in [-0.1, -0.05) is 36.4 Å². The van der Waals surface area contributed by atoms with Crippen LogP contribution < -0.4 is 4.31 Å². The van der Waals surface area contributed by atoms with Crippen LogP contribution in [-0.4, -0.2) is 52.4 Å². The van der Waals surface area contributed by atoms with Crippen LogP contribution in [0.15, 0.2) is 48.5 Å². The molecule has 0 radical (unpaired) electrons. The van der Waals surface area contributed by atoms with Crippen LogP contribution in [-0.2, 0) is 27.2 Å². The fraction of sp³-hybridized carbons (Fsp3) is 0.435. The highest BCUT2D eigenvalue weighted by Gasteiger charge is 2.19. The number of nitrogens with zero attached hydrogens (tertiary/aromatic N) is 2. The monoisotopic (exact) mass is 430 g/mol. The molecule has 1 aliphatic heterocycles. The van der Waals surface area contributed by atoms with Gasteiger partial charge in [-0.3, -0.25) is 13.7 Å². The molecule has 162 valence electrons. The number of ether oxygens (including phenoxy) is 1. The molecule has 2 aromatic carbocycles. The Hall–Kier alpha value is -2.22. The maximum absolute atomic E-state index is 11.7. The Labute approximate surface area is 181 Å². The number of esters is 1. The van der Waals surface area contributed by atoms with Crippen molar-refractivity contribution >= 4 is 22.9 Å². The lowest BCUT2D eigenvalue weighted by Gasteiger charge is -2.20. The molecule has 0 bridgehead atoms. The van der Waals surface area contributed by atoms with Crippen molar-refractivity contribution < 1.29 is 18.3 Å². The second-order valence-corrected chi connectivity index (χ2v) is 8.58. The molecule has 1 N–H and O–H groups in total. The SMILES string of the molecule is COC(=O)CCN(c1ccc(-c2ccc(CCN3CCCC3C)cc2)cc1)S(=O)O. The van der Waals surface area contributed by atoms with Gasteiger partial charge in [-0.25, -0.2) is 4.21 Å². The molecule has 0 amide bonds. The van der Waals surface area contributed by atoms with E-state index in [0.717, 1.165) is 24.1 Å². The topological polar surface area (TPSA) is 70.1 Å². The van der Waals surface area contributed by atoms with Crippen molar-refractivity contribution in [3.8, 4) is 11.1 Å². The predicted molar refractivity (Wildman–Crippen MR) is 121 cm³/mol. The average Bonchev–Trinajstić information content (AvgIpc) is 3.17. The number of benzene rings is 2. The summed E-state index contributed by atoms with van der Waals surface area (Å²) >= 11 is -2.21. The lowest BCUT2D eigenvalue weighted by molar-refractivity contribution is -0.140. The Morgan fingerprint density at radius 1 is 1.17 bits per heavy atom. The van der Waals surface area contributed by atoms with Gasteiger partial charge in [0.2, 0.25) is 0 Å². The molecule has 0 saturated carbocycles. The molecule has 2 unspecified atom stereocenters. The van der Waals surface area contributed by atoms with E-state index in [9.17, 15) is 13.6 Å². The van der Waals surface area contributed by atoms with Crippen LogP contribution in [0.3, 0.4) is 0 Å². The maximum Gasteiger partial charge on any atom is 0.307 e. The highest BCUT2D eigenvalue weighted by Crippen LogP contribution is 2.25. The van der Waals surface area contributed by atoms with Gasteiger partial charge >= 0.3 is 5.97 Å². The van der Waals surface area contributed by atoms with Gasteiger partial charge in [-0.2, -0.15) is 0 Å². The molecule has 3 rings (SSSR count). The quantitative estimate of drug-likeness (QED) is 0.483. The number of likely N-dealkylation sites (tertiary alicyclic amines) is 1. The van der Waals surface area contributed by atoms with Gasteiger partial charge < -0.3 is 9.64 Å². The first-order valence-electron chi connectivity index (χ1n) is 10.4. The molecule has 1 saturated heterocycles. The van der Waals surface area contributed by atoms with Crippen LogP contribution in [0.1, 0.15) is 31.7 Å². The summed E-state index contributed by atoms with van der Waals surface area (Å²) in [4.78, 5) is 13.9. The molecule has 7 heteroatoms. The van der Waals surface area contributed by atoms with Gasteiger partial charge in [0.25, 0.3) is 11.3 Å². The summed E-state index contributed by atoms with van der Waals surface area (Å²) in [5, 5.41) is 0. The fourth-order valence-corrected chi connectivity index (χ4v) is 4.42. The van der Waals surface area contributed by atoms with Crippen LogP contribution in [0.2, 0.25) is 0 Å². The largest absolute Gasteiger partial charge is 0.469 e. The van der Waals surface area contributed by atoms with Crippen LogP contribution in [0.25, 0.3) is 11.1 Å². The Kier molecular flexibility index (Phi) is 8.01. The second-order valence-electron chi connectivity index (χ2n) is 7.68. The first-order valence-corrected chi connectivity index (χ1v) is 11.4. The summed E-state index contributed by atoms with van der Waals surface area (Å²) in [7, 11) is 1.30. The molecule has 0 aliphatic carbocycles. The molecule has 1 aliphatic rings. The van der Waals surface area contributed by atoms with E-state index in [-0.39, 0.29) is 13.0 Å². The van der Waals surface area contributed by atoms with E-state index in [1.165, 1.54) is 36.4 Å². The molecule has 2 atom stereocenters. The third kappa shape index (κ3) is 5.90. The summed E-state index contributed by atoms with van der Waals surface area (Å²) in [5.74, 6) is -0.415. The number of carbonyl (C=O) groups is 1. The number of carbonyl (C=O) groups excluding carboxylic acids is 1. The standard InChI is InChI=1S/C23H30N2O4S/c1-18-4-3-15-24(18)16-13-19-5-7-20(8-6-19)21-9-11-22(12-10-21)25(30(27)28)17-14-23(26)29-2/h5-12,18H,3-4,13-17H2,1-2H3,(H,27,28). The van der Waals surface area contributed by atoms with Crippen molar-refractivity contribution in [2.75, 3.05) is 31.0 Å². The molecule has 30 heavy (non-hydrogen) atoms. The zero-order chi connectivity index (χ0) is 21.5. The van der Waals surface area contributed by atoms with Crippen LogP contribution >= 0.6 is 0 Å². The van der Waals surface area contributed by atoms with Gasteiger partial charge in [-0.15, -0.1) is 0 Å². The minimum atomic E-state index is -2.21. The number of anilines is 1. The van der Waals surface area contributed by atoms with Crippen molar-refractivity contribution in [2.24, 2.45) is 0 Å². The first-order chi connectivity index (χ1) is 14.5. The van der Waals surface area contributed by atoms with Crippen molar-refractivity contribution in [2.45, 2.75) is 38.6 Å². The van der Waals surface area contributed by atoms with Crippen molar-refractivity contribution in [1.29, 1.82) is 0 Å². The maximum atomic E-state index is 11.7. The highest BCUT2D eigenvalue weighted by atomic mass is 32.2. The predicted octanol–water partition coefficient (Wildman–Crippen LogP) is 3.89. The van der Waals surface area contributed by atoms with E-state index in [1.807, 2.05) is 12.1 Å². The highest BCUT2D eigenvalue weighted by molar-refractivity contribution is 7.80. The van der Waals surface area contributed by atoms with Crippen LogP contribution in [0.5, 0.6) is 0 Å². The molecule has 1 fully saturated rings. The van der Waals surface area contributed by atoms with E-state index in [1.54, 1.807) is 12.1 Å². The fourth-order valence-electron chi connectivity index (χ4n) is 3.87. The van der Waals surface area contributed by atoms with E-state index in [4.69, 9.17) is 0 Å². The van der Waals surface area contributed by atoms with Crippen LogP contribution in [0, 0.1) is 0 Å². The number of methoxy groups -OCH3 is 1. The second kappa shape index (κ2) is 10.7.